The largest absolute Gasteiger partial charge is 0.481 e. The van der Waals surface area contributed by atoms with E-state index >= 15 is 0 Å². The predicted octanol–water partition coefficient (Wildman–Crippen LogP) is 2.50. The van der Waals surface area contributed by atoms with Crippen LogP contribution in [0.1, 0.15) is 72.1 Å². The molecule has 0 aromatic heterocycles. The standard InChI is InChI=1S/C30H46O16S2/c1-14(2)9-22(32)41-25-24(43-48(36,37)38)23(42-44-45-46-47)20(13-31)40-28(25)39-17-10-18(27(34)35)19-7-8-30-11-16(15(3)26(30)33)5-6-21(30)29(19,4)12-17/h14,16-21,23-26,28,31,33,47H,3,5-13H2,1-2,4H3,(H,34,35)(H,36,37,38)/t16?,17?,18?,19?,20-,21?,23+,24-,25?,26-,28+,29?,30?/m0/s1. The van der Waals surface area contributed by atoms with Crippen molar-refractivity contribution in [1.29, 1.82) is 0 Å². The second-order valence-electron chi connectivity index (χ2n) is 14.6. The number of thiol groups is 1. The first kappa shape index (κ1) is 37.8. The minimum Gasteiger partial charge on any atom is -0.481 e. The van der Waals surface area contributed by atoms with Gasteiger partial charge in [0, 0.05) is 24.7 Å². The second kappa shape index (κ2) is 14.7. The highest BCUT2D eigenvalue weighted by molar-refractivity contribution is 7.80. The quantitative estimate of drug-likeness (QED) is 0.0212. The van der Waals surface area contributed by atoms with E-state index in [1.807, 2.05) is 0 Å². The number of aliphatic carboxylic acids is 1. The van der Waals surface area contributed by atoms with Gasteiger partial charge in [0.25, 0.3) is 0 Å². The minimum absolute atomic E-state index is 0.0285. The summed E-state index contributed by atoms with van der Waals surface area (Å²) in [6, 6.07) is 0. The third-order valence-electron chi connectivity index (χ3n) is 11.5. The first-order valence-corrected chi connectivity index (χ1v) is 17.9. The van der Waals surface area contributed by atoms with Crippen molar-refractivity contribution in [3.8, 4) is 0 Å². The summed E-state index contributed by atoms with van der Waals surface area (Å²) in [5, 5.41) is 40.6. The number of carboxylic acid groups (broad SMARTS) is 1. The first-order valence-electron chi connectivity index (χ1n) is 16.2. The summed E-state index contributed by atoms with van der Waals surface area (Å²) in [5.41, 5.74) is -0.179. The number of aliphatic hydroxyl groups excluding tert-OH is 2. The van der Waals surface area contributed by atoms with Gasteiger partial charge in [-0.2, -0.15) is 13.3 Å². The van der Waals surface area contributed by atoms with Gasteiger partial charge in [0.05, 0.1) is 24.7 Å². The predicted molar refractivity (Wildman–Crippen MR) is 163 cm³/mol. The molecule has 0 aromatic carbocycles. The summed E-state index contributed by atoms with van der Waals surface area (Å²) in [7, 11) is -5.26. The Balaban J connectivity index is 1.49. The van der Waals surface area contributed by atoms with Crippen molar-refractivity contribution < 1.29 is 75.6 Å². The van der Waals surface area contributed by atoms with E-state index in [-0.39, 0.29) is 36.5 Å². The molecule has 1 spiro atoms. The number of hydrogen-bond donors (Lipinski definition) is 5. The fourth-order valence-corrected chi connectivity index (χ4v) is 10.3. The van der Waals surface area contributed by atoms with Crippen LogP contribution in [0.25, 0.3) is 0 Å². The molecule has 5 fully saturated rings. The molecule has 18 heteroatoms. The van der Waals surface area contributed by atoms with Crippen molar-refractivity contribution in [2.24, 2.45) is 40.4 Å². The zero-order valence-corrected chi connectivity index (χ0v) is 28.8. The van der Waals surface area contributed by atoms with E-state index in [1.165, 1.54) is 0 Å². The fraction of sp³-hybridized carbons (Fsp3) is 0.867. The molecule has 8 unspecified atom stereocenters. The third kappa shape index (κ3) is 7.32. The zero-order chi connectivity index (χ0) is 35.2. The average molecular weight is 727 g/mol. The van der Waals surface area contributed by atoms with Crippen LogP contribution in [-0.2, 0) is 57.7 Å². The lowest BCUT2D eigenvalue weighted by molar-refractivity contribution is -0.620. The van der Waals surface area contributed by atoms with Crippen LogP contribution in [0.4, 0.5) is 0 Å². The molecule has 5 rings (SSSR count). The molecule has 4 aliphatic carbocycles. The van der Waals surface area contributed by atoms with Gasteiger partial charge in [-0.15, -0.1) is 4.33 Å². The maximum absolute atomic E-state index is 13.0. The summed E-state index contributed by atoms with van der Waals surface area (Å²) in [5.74, 6) is -2.81. The van der Waals surface area contributed by atoms with Gasteiger partial charge >= 0.3 is 22.3 Å². The Bertz CT molecular complexity index is 1310. The first-order chi connectivity index (χ1) is 22.5. The van der Waals surface area contributed by atoms with E-state index in [9.17, 15) is 37.9 Å². The number of ether oxygens (including phenoxy) is 3. The molecule has 13 atom stereocenters. The van der Waals surface area contributed by atoms with E-state index in [4.69, 9.17) is 23.3 Å². The Hall–Kier alpha value is -1.42. The van der Waals surface area contributed by atoms with Crippen molar-refractivity contribution in [1.82, 2.24) is 0 Å². The van der Waals surface area contributed by atoms with Crippen molar-refractivity contribution in [2.45, 2.75) is 115 Å². The van der Waals surface area contributed by atoms with Crippen molar-refractivity contribution in [3.05, 3.63) is 12.2 Å². The van der Waals surface area contributed by atoms with Crippen LogP contribution in [0.2, 0.25) is 0 Å². The van der Waals surface area contributed by atoms with Crippen LogP contribution in [0.5, 0.6) is 0 Å². The summed E-state index contributed by atoms with van der Waals surface area (Å²) in [6.07, 6.45) is -5.97. The summed E-state index contributed by atoms with van der Waals surface area (Å²) < 4.78 is 60.7. The molecule has 4 N–H and O–H groups in total. The third-order valence-corrected chi connectivity index (χ3v) is 12.0. The molecular formula is C30H46O16S2. The lowest BCUT2D eigenvalue weighted by atomic mass is 9.43. The van der Waals surface area contributed by atoms with Gasteiger partial charge in [-0.3, -0.25) is 14.1 Å². The second-order valence-corrected chi connectivity index (χ2v) is 15.8. The average Bonchev–Trinajstić information content (AvgIpc) is 3.16. The van der Waals surface area contributed by atoms with Crippen LogP contribution >= 0.6 is 12.9 Å². The number of fused-ring (bicyclic) bond motifs is 3. The van der Waals surface area contributed by atoms with E-state index in [1.54, 1.807) is 13.8 Å². The number of carboxylic acids is 1. The number of hydrogen-bond acceptors (Lipinski definition) is 15. The van der Waals surface area contributed by atoms with Gasteiger partial charge in [-0.25, -0.2) is 4.18 Å². The van der Waals surface area contributed by atoms with Gasteiger partial charge < -0.3 is 29.5 Å². The van der Waals surface area contributed by atoms with Crippen LogP contribution in [0.3, 0.4) is 0 Å². The van der Waals surface area contributed by atoms with Gasteiger partial charge in [0.1, 0.15) is 6.10 Å². The molecule has 16 nitrogen and oxygen atoms in total. The van der Waals surface area contributed by atoms with Crippen LogP contribution < -0.4 is 0 Å². The highest BCUT2D eigenvalue weighted by Crippen LogP contribution is 2.70. The number of esters is 1. The smallest absolute Gasteiger partial charge is 0.397 e. The van der Waals surface area contributed by atoms with Crippen LogP contribution in [-0.4, -0.2) is 89.7 Å². The number of carbonyl (C=O) groups is 2. The van der Waals surface area contributed by atoms with Gasteiger partial charge in [-0.1, -0.05) is 27.4 Å². The normalized spacial score (nSPS) is 42.7. The van der Waals surface area contributed by atoms with E-state index in [0.29, 0.717) is 19.3 Å². The molecule has 0 amide bonds. The maximum Gasteiger partial charge on any atom is 0.397 e. The molecule has 1 aliphatic heterocycles. The number of carbonyl (C=O) groups excluding carboxylic acids is 1. The summed E-state index contributed by atoms with van der Waals surface area (Å²) >= 11 is 3.33. The Kier molecular flexibility index (Phi) is 11.6. The Labute approximate surface area is 284 Å². The van der Waals surface area contributed by atoms with Crippen molar-refractivity contribution in [3.63, 3.8) is 0 Å². The number of rotatable bonds is 13. The molecular weight excluding hydrogens is 680 g/mol. The topological polar surface area (TPSA) is 223 Å². The van der Waals surface area contributed by atoms with Crippen molar-refractivity contribution in [2.75, 3.05) is 6.61 Å². The molecule has 4 saturated carbocycles. The maximum atomic E-state index is 13.0. The Morgan fingerprint density at radius 2 is 1.85 bits per heavy atom. The number of aliphatic hydroxyl groups is 2. The lowest BCUT2D eigenvalue weighted by Gasteiger charge is -2.62. The van der Waals surface area contributed by atoms with Gasteiger partial charge in [0.2, 0.25) is 0 Å². The highest BCUT2D eigenvalue weighted by atomic mass is 32.3. The molecule has 2 bridgehead atoms. The molecule has 1 heterocycles. The SMILES string of the molecule is C=C1C2CCC3C4(C)CC(O[C@@H]5O[C@@H](CO)[C@@H](OOOOS)[C@H](OS(=O)(=O)O)C5OC(=O)CC(C)C)CC(C(=O)O)C4CCC3(C2)[C@H]1O. The molecule has 1 saturated heterocycles. The zero-order valence-electron chi connectivity index (χ0n) is 27.0. The minimum atomic E-state index is -5.26. The molecule has 5 aliphatic rings. The van der Waals surface area contributed by atoms with Crippen LogP contribution in [0.15, 0.2) is 12.2 Å². The molecule has 0 radical (unpaired) electrons. The Morgan fingerprint density at radius 1 is 1.12 bits per heavy atom. The molecule has 48 heavy (non-hydrogen) atoms. The van der Waals surface area contributed by atoms with E-state index in [2.05, 4.69) is 40.8 Å². The van der Waals surface area contributed by atoms with Gasteiger partial charge in [-0.05, 0) is 89.7 Å². The van der Waals surface area contributed by atoms with Crippen LogP contribution in [0, 0.1) is 40.4 Å². The Morgan fingerprint density at radius 3 is 2.48 bits per heavy atom. The van der Waals surface area contributed by atoms with Gasteiger partial charge in [0.15, 0.2) is 24.6 Å². The van der Waals surface area contributed by atoms with E-state index in [0.717, 1.165) is 24.8 Å². The monoisotopic (exact) mass is 726 g/mol. The summed E-state index contributed by atoms with van der Waals surface area (Å²) in [4.78, 5) is 30.8. The summed E-state index contributed by atoms with van der Waals surface area (Å²) in [6.45, 7) is 8.92. The van der Waals surface area contributed by atoms with Crippen molar-refractivity contribution >= 4 is 35.2 Å². The van der Waals surface area contributed by atoms with E-state index < -0.39 is 88.6 Å². The highest BCUT2D eigenvalue weighted by Gasteiger charge is 2.67. The molecule has 274 valence electrons. The lowest BCUT2D eigenvalue weighted by Crippen LogP contribution is -2.64. The fourth-order valence-electron chi connectivity index (χ4n) is 9.76. The molecule has 0 aromatic rings.